The third kappa shape index (κ3) is 2.55. The standard InChI is InChI=1S/C11H14N2O5/c1-3-4-5-8-6-9(12(15)16)7(2)10(11(8)14)13(17)18/h6,14H,3-5H2,1-2H3. The molecule has 0 radical (unpaired) electrons. The largest absolute Gasteiger partial charge is 0.502 e. The molecule has 1 rings (SSSR count). The van der Waals surface area contributed by atoms with Gasteiger partial charge in [-0.25, -0.2) is 0 Å². The summed E-state index contributed by atoms with van der Waals surface area (Å²) in [5, 5.41) is 31.5. The van der Waals surface area contributed by atoms with Crippen LogP contribution in [0.2, 0.25) is 0 Å². The van der Waals surface area contributed by atoms with E-state index in [0.29, 0.717) is 12.8 Å². The first-order chi connectivity index (χ1) is 8.40. The normalized spacial score (nSPS) is 10.3. The van der Waals surface area contributed by atoms with Gasteiger partial charge >= 0.3 is 5.69 Å². The molecule has 0 saturated heterocycles. The molecule has 1 aromatic rings. The summed E-state index contributed by atoms with van der Waals surface area (Å²) in [4.78, 5) is 20.2. The van der Waals surface area contributed by atoms with Gasteiger partial charge in [-0.15, -0.1) is 0 Å². The van der Waals surface area contributed by atoms with Gasteiger partial charge in [0, 0.05) is 11.6 Å². The van der Waals surface area contributed by atoms with Crippen LogP contribution in [0.3, 0.4) is 0 Å². The Balaban J connectivity index is 3.45. The summed E-state index contributed by atoms with van der Waals surface area (Å²) < 4.78 is 0. The number of nitro benzene ring substituents is 2. The van der Waals surface area contributed by atoms with Gasteiger partial charge < -0.3 is 5.11 Å². The SMILES string of the molecule is CCCCc1cc([N+](=O)[O-])c(C)c([N+](=O)[O-])c1O. The zero-order chi connectivity index (χ0) is 13.9. The second-order valence-electron chi connectivity index (χ2n) is 3.99. The van der Waals surface area contributed by atoms with Crippen molar-refractivity contribution in [1.82, 2.24) is 0 Å². The van der Waals surface area contributed by atoms with Crippen molar-refractivity contribution in [3.05, 3.63) is 37.4 Å². The monoisotopic (exact) mass is 254 g/mol. The molecule has 1 aromatic carbocycles. The number of rotatable bonds is 5. The van der Waals surface area contributed by atoms with Crippen molar-refractivity contribution in [1.29, 1.82) is 0 Å². The van der Waals surface area contributed by atoms with Crippen molar-refractivity contribution in [2.24, 2.45) is 0 Å². The summed E-state index contributed by atoms with van der Waals surface area (Å²) in [6.07, 6.45) is 1.91. The highest BCUT2D eigenvalue weighted by molar-refractivity contribution is 5.64. The van der Waals surface area contributed by atoms with Gasteiger partial charge in [-0.05, 0) is 19.8 Å². The molecule has 1 N–H and O–H groups in total. The van der Waals surface area contributed by atoms with Gasteiger partial charge in [-0.3, -0.25) is 20.2 Å². The number of aryl methyl sites for hydroxylation is 1. The van der Waals surface area contributed by atoms with E-state index in [1.807, 2.05) is 6.92 Å². The van der Waals surface area contributed by atoms with Crippen LogP contribution in [0.15, 0.2) is 6.07 Å². The topological polar surface area (TPSA) is 107 Å². The van der Waals surface area contributed by atoms with Gasteiger partial charge in [-0.2, -0.15) is 0 Å². The molecular weight excluding hydrogens is 240 g/mol. The minimum Gasteiger partial charge on any atom is -0.502 e. The predicted molar refractivity (Wildman–Crippen MR) is 64.8 cm³/mol. The van der Waals surface area contributed by atoms with Crippen LogP contribution in [0.1, 0.15) is 30.9 Å². The second-order valence-corrected chi connectivity index (χ2v) is 3.99. The number of hydrogen-bond donors (Lipinski definition) is 1. The maximum absolute atomic E-state index is 10.9. The van der Waals surface area contributed by atoms with Crippen molar-refractivity contribution in [3.8, 4) is 5.75 Å². The third-order valence-corrected chi connectivity index (χ3v) is 2.76. The molecule has 0 spiro atoms. The molecule has 7 heteroatoms. The van der Waals surface area contributed by atoms with Crippen LogP contribution in [0.25, 0.3) is 0 Å². The smallest absolute Gasteiger partial charge is 0.320 e. The number of phenolic OH excluding ortho intramolecular Hbond substituents is 1. The number of nitro groups is 2. The van der Waals surface area contributed by atoms with Gasteiger partial charge in [-0.1, -0.05) is 13.3 Å². The maximum atomic E-state index is 10.9. The van der Waals surface area contributed by atoms with Crippen LogP contribution in [-0.4, -0.2) is 15.0 Å². The Morgan fingerprint density at radius 1 is 1.28 bits per heavy atom. The molecule has 0 fully saturated rings. The Bertz CT molecular complexity index is 499. The molecule has 0 bridgehead atoms. The van der Waals surface area contributed by atoms with Gasteiger partial charge in [0.05, 0.1) is 9.85 Å². The first-order valence-corrected chi connectivity index (χ1v) is 5.54. The average molecular weight is 254 g/mol. The maximum Gasteiger partial charge on any atom is 0.320 e. The van der Waals surface area contributed by atoms with Crippen molar-refractivity contribution in [2.75, 3.05) is 0 Å². The summed E-state index contributed by atoms with van der Waals surface area (Å²) in [7, 11) is 0. The molecular formula is C11H14N2O5. The fraction of sp³-hybridized carbons (Fsp3) is 0.455. The zero-order valence-electron chi connectivity index (χ0n) is 10.2. The first kappa shape index (κ1) is 13.9. The molecule has 0 aliphatic carbocycles. The third-order valence-electron chi connectivity index (χ3n) is 2.76. The summed E-state index contributed by atoms with van der Waals surface area (Å²) in [5.41, 5.74) is -0.774. The highest BCUT2D eigenvalue weighted by atomic mass is 16.6. The lowest BCUT2D eigenvalue weighted by Gasteiger charge is -2.07. The van der Waals surface area contributed by atoms with E-state index in [-0.39, 0.29) is 16.8 Å². The summed E-state index contributed by atoms with van der Waals surface area (Å²) in [5.74, 6) is -0.462. The fourth-order valence-electron chi connectivity index (χ4n) is 1.76. The lowest BCUT2D eigenvalue weighted by atomic mass is 10.0. The summed E-state index contributed by atoms with van der Waals surface area (Å²) in [6.45, 7) is 3.19. The highest BCUT2D eigenvalue weighted by Gasteiger charge is 2.28. The Kier molecular flexibility index (Phi) is 4.19. The Morgan fingerprint density at radius 3 is 2.33 bits per heavy atom. The molecule has 0 aliphatic rings. The second kappa shape index (κ2) is 5.44. The Morgan fingerprint density at radius 2 is 1.89 bits per heavy atom. The molecule has 0 aromatic heterocycles. The van der Waals surface area contributed by atoms with Gasteiger partial charge in [0.25, 0.3) is 5.69 Å². The minimum absolute atomic E-state index is 0.122. The molecule has 0 atom stereocenters. The average Bonchev–Trinajstić information content (AvgIpc) is 2.27. The van der Waals surface area contributed by atoms with Crippen molar-refractivity contribution in [2.45, 2.75) is 33.1 Å². The van der Waals surface area contributed by atoms with E-state index in [1.54, 1.807) is 0 Å². The van der Waals surface area contributed by atoms with Crippen LogP contribution in [0, 0.1) is 27.2 Å². The van der Waals surface area contributed by atoms with Crippen LogP contribution in [0.5, 0.6) is 5.75 Å². The van der Waals surface area contributed by atoms with Crippen LogP contribution >= 0.6 is 0 Å². The quantitative estimate of drug-likeness (QED) is 0.642. The summed E-state index contributed by atoms with van der Waals surface area (Å²) in [6, 6.07) is 1.22. The van der Waals surface area contributed by atoms with Crippen LogP contribution in [-0.2, 0) is 6.42 Å². The van der Waals surface area contributed by atoms with E-state index >= 15 is 0 Å². The fourth-order valence-corrected chi connectivity index (χ4v) is 1.76. The van der Waals surface area contributed by atoms with E-state index in [4.69, 9.17) is 0 Å². The Hall–Kier alpha value is -2.18. The van der Waals surface area contributed by atoms with Crippen molar-refractivity contribution >= 4 is 11.4 Å². The predicted octanol–water partition coefficient (Wildman–Crippen LogP) is 2.86. The molecule has 0 heterocycles. The molecule has 7 nitrogen and oxygen atoms in total. The number of aromatic hydroxyl groups is 1. The summed E-state index contributed by atoms with van der Waals surface area (Å²) >= 11 is 0. The van der Waals surface area contributed by atoms with Gasteiger partial charge in [0.2, 0.25) is 0 Å². The number of nitrogens with zero attached hydrogens (tertiary/aromatic N) is 2. The van der Waals surface area contributed by atoms with E-state index < -0.39 is 21.3 Å². The van der Waals surface area contributed by atoms with Gasteiger partial charge in [0.15, 0.2) is 5.75 Å². The number of hydrogen-bond acceptors (Lipinski definition) is 5. The zero-order valence-corrected chi connectivity index (χ0v) is 10.2. The van der Waals surface area contributed by atoms with E-state index in [1.165, 1.54) is 13.0 Å². The lowest BCUT2D eigenvalue weighted by molar-refractivity contribution is -0.395. The lowest BCUT2D eigenvalue weighted by Crippen LogP contribution is -2.01. The van der Waals surface area contributed by atoms with Crippen molar-refractivity contribution in [3.63, 3.8) is 0 Å². The van der Waals surface area contributed by atoms with Gasteiger partial charge in [0.1, 0.15) is 5.56 Å². The number of phenols is 1. The molecule has 0 amide bonds. The Labute approximate surface area is 103 Å². The number of unbranched alkanes of at least 4 members (excludes halogenated alkanes) is 1. The first-order valence-electron chi connectivity index (χ1n) is 5.54. The molecule has 0 saturated carbocycles. The molecule has 18 heavy (non-hydrogen) atoms. The minimum atomic E-state index is -0.785. The van der Waals surface area contributed by atoms with E-state index in [9.17, 15) is 25.3 Å². The van der Waals surface area contributed by atoms with Crippen LogP contribution in [0.4, 0.5) is 11.4 Å². The van der Waals surface area contributed by atoms with Crippen LogP contribution < -0.4 is 0 Å². The van der Waals surface area contributed by atoms with E-state index in [2.05, 4.69) is 0 Å². The van der Waals surface area contributed by atoms with Crippen molar-refractivity contribution < 1.29 is 15.0 Å². The molecule has 0 unspecified atom stereocenters. The van der Waals surface area contributed by atoms with E-state index in [0.717, 1.165) is 6.42 Å². The number of benzene rings is 1. The molecule has 98 valence electrons. The highest BCUT2D eigenvalue weighted by Crippen LogP contribution is 2.39. The molecule has 0 aliphatic heterocycles.